The van der Waals surface area contributed by atoms with E-state index in [1.54, 1.807) is 26.0 Å². The van der Waals surface area contributed by atoms with Crippen molar-refractivity contribution in [3.63, 3.8) is 0 Å². The molecule has 2 N–H and O–H groups in total. The van der Waals surface area contributed by atoms with Crippen molar-refractivity contribution in [1.29, 1.82) is 0 Å². The quantitative estimate of drug-likeness (QED) is 0.416. The van der Waals surface area contributed by atoms with E-state index in [9.17, 15) is 14.1 Å². The number of aliphatic hydroxyl groups is 1. The number of nitrogens with one attached hydrogen (secondary N) is 1. The third kappa shape index (κ3) is 5.47. The summed E-state index contributed by atoms with van der Waals surface area (Å²) in [6.45, 7) is 8.50. The van der Waals surface area contributed by atoms with Gasteiger partial charge in [0.25, 0.3) is 5.91 Å². The fraction of sp³-hybridized carbons (Fsp3) is 0.300. The zero-order valence-electron chi connectivity index (χ0n) is 21.9. The van der Waals surface area contributed by atoms with E-state index >= 15 is 0 Å². The molecule has 2 aliphatic heterocycles. The van der Waals surface area contributed by atoms with E-state index in [1.807, 2.05) is 36.4 Å². The van der Waals surface area contributed by atoms with Gasteiger partial charge in [-0.1, -0.05) is 30.3 Å². The van der Waals surface area contributed by atoms with E-state index in [2.05, 4.69) is 24.6 Å². The summed E-state index contributed by atoms with van der Waals surface area (Å²) in [5, 5.41) is 9.95. The van der Waals surface area contributed by atoms with Gasteiger partial charge in [0.1, 0.15) is 23.9 Å². The molecule has 0 radical (unpaired) electrons. The van der Waals surface area contributed by atoms with Gasteiger partial charge in [-0.05, 0) is 74.2 Å². The molecule has 0 aromatic heterocycles. The summed E-state index contributed by atoms with van der Waals surface area (Å²) in [6.07, 6.45) is 1.63. The van der Waals surface area contributed by atoms with E-state index in [0.717, 1.165) is 39.3 Å². The summed E-state index contributed by atoms with van der Waals surface area (Å²) in [6, 6.07) is 17.3. The predicted octanol–water partition coefficient (Wildman–Crippen LogP) is 5.16. The lowest BCUT2D eigenvalue weighted by molar-refractivity contribution is -0.114. The Labute approximate surface area is 225 Å². The molecule has 0 saturated heterocycles. The van der Waals surface area contributed by atoms with Crippen LogP contribution in [0.4, 0.5) is 0 Å². The first-order valence-electron chi connectivity index (χ1n) is 12.5. The maximum absolute atomic E-state index is 12.0. The highest BCUT2D eigenvalue weighted by Gasteiger charge is 2.29. The smallest absolute Gasteiger partial charge is 0.257 e. The Kier molecular flexibility index (Phi) is 7.03. The Hall–Kier alpha value is -3.62. The van der Waals surface area contributed by atoms with Crippen LogP contribution in [-0.2, 0) is 15.8 Å². The Bertz CT molecular complexity index is 1420. The van der Waals surface area contributed by atoms with Crippen LogP contribution in [0.5, 0.6) is 17.2 Å². The lowest BCUT2D eigenvalue weighted by Crippen LogP contribution is -2.21. The molecule has 0 aliphatic carbocycles. The number of amides is 1. The standard InChI is InChI=1S/C30H31NO6S/c1-18-14-22(35-13-12-30(3,4)33)15-19(2)28(18)24-7-5-6-23-25(17-36-29(23)24)37-21-10-8-20(9-11-21)26-16-27(32)31-38(26)34/h5-11,14-16,25,33H,12-13,17H2,1-4H3,(H,31,32). The number of carbonyl (C=O) groups excluding carboxylic acids is 1. The maximum atomic E-state index is 12.0. The van der Waals surface area contributed by atoms with Gasteiger partial charge in [-0.25, -0.2) is 4.21 Å². The number of hydrogen-bond donors (Lipinski definition) is 2. The van der Waals surface area contributed by atoms with Gasteiger partial charge in [-0.3, -0.25) is 9.52 Å². The van der Waals surface area contributed by atoms with Crippen LogP contribution in [0.2, 0.25) is 0 Å². The van der Waals surface area contributed by atoms with Crippen LogP contribution in [0.25, 0.3) is 16.0 Å². The average molecular weight is 534 g/mol. The zero-order chi connectivity index (χ0) is 27.0. The van der Waals surface area contributed by atoms with Crippen molar-refractivity contribution in [1.82, 2.24) is 4.72 Å². The Morgan fingerprint density at radius 1 is 1.08 bits per heavy atom. The molecule has 0 fully saturated rings. The highest BCUT2D eigenvalue weighted by molar-refractivity contribution is 7.93. The molecule has 38 heavy (non-hydrogen) atoms. The molecule has 0 spiro atoms. The predicted molar refractivity (Wildman–Crippen MR) is 147 cm³/mol. The van der Waals surface area contributed by atoms with Crippen molar-refractivity contribution in [2.45, 2.75) is 45.8 Å². The van der Waals surface area contributed by atoms with Crippen molar-refractivity contribution in [2.75, 3.05) is 13.2 Å². The summed E-state index contributed by atoms with van der Waals surface area (Å²) in [7, 11) is -1.53. The Balaban J connectivity index is 1.34. The second-order valence-corrected chi connectivity index (χ2v) is 11.4. The number of fused-ring (bicyclic) bond motifs is 1. The van der Waals surface area contributed by atoms with Crippen LogP contribution in [-0.4, -0.2) is 34.0 Å². The highest BCUT2D eigenvalue weighted by atomic mass is 32.2. The SMILES string of the molecule is Cc1cc(OCCC(C)(C)O)cc(C)c1-c1cccc2c1OCC2Oc1ccc(C2=CC(=O)NS2=O)cc1. The van der Waals surface area contributed by atoms with Crippen LogP contribution in [0.15, 0.2) is 60.7 Å². The number of para-hydroxylation sites is 1. The fourth-order valence-electron chi connectivity index (χ4n) is 4.76. The molecule has 0 bridgehead atoms. The highest BCUT2D eigenvalue weighted by Crippen LogP contribution is 2.45. The lowest BCUT2D eigenvalue weighted by Gasteiger charge is -2.19. The number of hydrogen-bond acceptors (Lipinski definition) is 6. The van der Waals surface area contributed by atoms with Crippen LogP contribution < -0.4 is 18.9 Å². The minimum Gasteiger partial charge on any atom is -0.493 e. The summed E-state index contributed by atoms with van der Waals surface area (Å²) in [5.74, 6) is 1.90. The van der Waals surface area contributed by atoms with Gasteiger partial charge in [0.2, 0.25) is 0 Å². The zero-order valence-corrected chi connectivity index (χ0v) is 22.7. The van der Waals surface area contributed by atoms with Gasteiger partial charge < -0.3 is 19.3 Å². The monoisotopic (exact) mass is 533 g/mol. The van der Waals surface area contributed by atoms with E-state index in [1.165, 1.54) is 6.08 Å². The summed E-state index contributed by atoms with van der Waals surface area (Å²) >= 11 is 0. The molecule has 8 heteroatoms. The first kappa shape index (κ1) is 26.0. The number of aryl methyl sites for hydroxylation is 2. The fourth-order valence-corrected chi connectivity index (χ4v) is 5.68. The number of rotatable bonds is 8. The molecule has 3 aromatic carbocycles. The molecule has 198 valence electrons. The molecule has 1 amide bonds. The van der Waals surface area contributed by atoms with Crippen LogP contribution in [0.1, 0.15) is 48.6 Å². The van der Waals surface area contributed by atoms with E-state index in [0.29, 0.717) is 35.9 Å². The third-order valence-electron chi connectivity index (χ3n) is 6.60. The average Bonchev–Trinajstić information content (AvgIpc) is 3.41. The van der Waals surface area contributed by atoms with Crippen molar-refractivity contribution in [3.05, 3.63) is 82.9 Å². The first-order valence-corrected chi connectivity index (χ1v) is 13.7. The molecule has 5 rings (SSSR count). The van der Waals surface area contributed by atoms with Crippen molar-refractivity contribution in [2.24, 2.45) is 0 Å². The molecular formula is C30H31NO6S. The normalized spacial score (nSPS) is 18.4. The Morgan fingerprint density at radius 3 is 2.42 bits per heavy atom. The molecule has 3 aromatic rings. The molecule has 2 unspecified atom stereocenters. The minimum absolute atomic E-state index is 0.274. The summed E-state index contributed by atoms with van der Waals surface area (Å²) < 4.78 is 32.7. The second kappa shape index (κ2) is 10.3. The number of ether oxygens (including phenoxy) is 3. The second-order valence-electron chi connectivity index (χ2n) is 10.3. The largest absolute Gasteiger partial charge is 0.493 e. The summed E-state index contributed by atoms with van der Waals surface area (Å²) in [4.78, 5) is 11.9. The van der Waals surface area contributed by atoms with Gasteiger partial charge in [0.15, 0.2) is 17.1 Å². The van der Waals surface area contributed by atoms with Gasteiger partial charge in [-0.15, -0.1) is 0 Å². The summed E-state index contributed by atoms with van der Waals surface area (Å²) in [5.41, 5.74) is 5.18. The minimum atomic E-state index is -1.53. The third-order valence-corrected chi connectivity index (χ3v) is 7.74. The van der Waals surface area contributed by atoms with Gasteiger partial charge >= 0.3 is 0 Å². The molecule has 2 heterocycles. The van der Waals surface area contributed by atoms with Crippen LogP contribution >= 0.6 is 0 Å². The van der Waals surface area contributed by atoms with E-state index in [-0.39, 0.29) is 12.0 Å². The van der Waals surface area contributed by atoms with Gasteiger partial charge in [-0.2, -0.15) is 0 Å². The molecule has 2 atom stereocenters. The van der Waals surface area contributed by atoms with Crippen molar-refractivity contribution < 1.29 is 28.3 Å². The van der Waals surface area contributed by atoms with Crippen LogP contribution in [0.3, 0.4) is 0 Å². The first-order chi connectivity index (χ1) is 18.1. The van der Waals surface area contributed by atoms with Gasteiger partial charge in [0.05, 0.1) is 17.1 Å². The topological polar surface area (TPSA) is 94.1 Å². The number of carbonyl (C=O) groups is 1. The molecular weight excluding hydrogens is 502 g/mol. The molecule has 7 nitrogen and oxygen atoms in total. The van der Waals surface area contributed by atoms with Crippen molar-refractivity contribution >= 4 is 21.8 Å². The van der Waals surface area contributed by atoms with E-state index in [4.69, 9.17) is 14.2 Å². The number of benzene rings is 3. The van der Waals surface area contributed by atoms with Crippen LogP contribution in [0, 0.1) is 13.8 Å². The molecule has 0 saturated carbocycles. The molecule has 2 aliphatic rings. The lowest BCUT2D eigenvalue weighted by atomic mass is 9.93. The maximum Gasteiger partial charge on any atom is 0.257 e. The van der Waals surface area contributed by atoms with Crippen molar-refractivity contribution in [3.8, 4) is 28.4 Å². The van der Waals surface area contributed by atoms with E-state index < -0.39 is 16.6 Å². The van der Waals surface area contributed by atoms with Gasteiger partial charge in [0, 0.05) is 23.6 Å². The Morgan fingerprint density at radius 2 is 1.79 bits per heavy atom.